The molecule has 0 fully saturated rings. The van der Waals surface area contributed by atoms with E-state index in [1.807, 2.05) is 4.90 Å². The van der Waals surface area contributed by atoms with Crippen LogP contribution in [0.1, 0.15) is 17.5 Å². The van der Waals surface area contributed by atoms with E-state index < -0.39 is 0 Å². The van der Waals surface area contributed by atoms with E-state index in [9.17, 15) is 4.79 Å². The molecule has 16 heavy (non-hydrogen) atoms. The molecule has 0 amide bonds. The molecule has 0 unspecified atom stereocenters. The summed E-state index contributed by atoms with van der Waals surface area (Å²) in [6.45, 7) is 7.13. The van der Waals surface area contributed by atoms with Gasteiger partial charge in [-0.05, 0) is 6.07 Å². The highest BCUT2D eigenvalue weighted by Crippen LogP contribution is 2.18. The zero-order valence-corrected chi connectivity index (χ0v) is 9.73. The minimum absolute atomic E-state index is 0.0726. The molecule has 1 rings (SSSR count). The zero-order chi connectivity index (χ0) is 12.0. The molecule has 4 nitrogen and oxygen atoms in total. The standard InChI is InChI=1S/C12H17NO3/c1-4-7-13(8-9-15-3)12-6-5-11(16-12)10(2)14/h4-6H,1,7-9H2,2-3H3. The summed E-state index contributed by atoms with van der Waals surface area (Å²) in [7, 11) is 1.65. The van der Waals surface area contributed by atoms with Gasteiger partial charge in [-0.3, -0.25) is 4.79 Å². The maximum absolute atomic E-state index is 11.1. The molecule has 0 aliphatic heterocycles. The number of ketones is 1. The topological polar surface area (TPSA) is 42.7 Å². The van der Waals surface area contributed by atoms with E-state index in [1.165, 1.54) is 6.92 Å². The fraction of sp³-hybridized carbons (Fsp3) is 0.417. The molecule has 4 heteroatoms. The summed E-state index contributed by atoms with van der Waals surface area (Å²) in [5, 5.41) is 0. The van der Waals surface area contributed by atoms with Crippen molar-refractivity contribution in [3.63, 3.8) is 0 Å². The van der Waals surface area contributed by atoms with Crippen molar-refractivity contribution in [3.05, 3.63) is 30.5 Å². The van der Waals surface area contributed by atoms with Crippen LogP contribution in [-0.2, 0) is 4.74 Å². The highest BCUT2D eigenvalue weighted by Gasteiger charge is 2.11. The van der Waals surface area contributed by atoms with Crippen LogP contribution in [0.5, 0.6) is 0 Å². The van der Waals surface area contributed by atoms with Crippen LogP contribution in [0.2, 0.25) is 0 Å². The molecule has 1 aromatic rings. The van der Waals surface area contributed by atoms with Crippen LogP contribution in [0.25, 0.3) is 0 Å². The van der Waals surface area contributed by atoms with Gasteiger partial charge in [0, 0.05) is 33.2 Å². The quantitative estimate of drug-likeness (QED) is 0.524. The van der Waals surface area contributed by atoms with Gasteiger partial charge in [-0.25, -0.2) is 0 Å². The van der Waals surface area contributed by atoms with Gasteiger partial charge in [0.2, 0.25) is 0 Å². The average molecular weight is 223 g/mol. The predicted molar refractivity (Wildman–Crippen MR) is 63.0 cm³/mol. The maximum Gasteiger partial charge on any atom is 0.196 e. The van der Waals surface area contributed by atoms with Crippen LogP contribution in [0, 0.1) is 0 Å². The molecule has 0 aromatic carbocycles. The number of carbonyl (C=O) groups excluding carboxylic acids is 1. The van der Waals surface area contributed by atoms with E-state index in [0.717, 1.165) is 0 Å². The van der Waals surface area contributed by atoms with Crippen molar-refractivity contribution in [3.8, 4) is 0 Å². The lowest BCUT2D eigenvalue weighted by molar-refractivity contribution is 0.0987. The average Bonchev–Trinajstić information content (AvgIpc) is 2.73. The molecule has 0 radical (unpaired) electrons. The molecule has 0 bridgehead atoms. The normalized spacial score (nSPS) is 10.1. The number of carbonyl (C=O) groups is 1. The van der Waals surface area contributed by atoms with Crippen LogP contribution < -0.4 is 4.90 Å². The fourth-order valence-electron chi connectivity index (χ4n) is 1.34. The first kappa shape index (κ1) is 12.5. The Morgan fingerprint density at radius 2 is 2.38 bits per heavy atom. The number of furan rings is 1. The lowest BCUT2D eigenvalue weighted by Gasteiger charge is -2.19. The molecule has 0 aliphatic rings. The van der Waals surface area contributed by atoms with Crippen LogP contribution in [0.15, 0.2) is 29.2 Å². The van der Waals surface area contributed by atoms with Crippen LogP contribution in [-0.4, -0.2) is 32.6 Å². The van der Waals surface area contributed by atoms with Gasteiger partial charge in [0.15, 0.2) is 17.4 Å². The first-order valence-corrected chi connectivity index (χ1v) is 5.14. The van der Waals surface area contributed by atoms with Gasteiger partial charge >= 0.3 is 0 Å². The van der Waals surface area contributed by atoms with Gasteiger partial charge in [-0.1, -0.05) is 6.08 Å². The maximum atomic E-state index is 11.1. The number of methoxy groups -OCH3 is 1. The van der Waals surface area contributed by atoms with Crippen molar-refractivity contribution >= 4 is 11.7 Å². The summed E-state index contributed by atoms with van der Waals surface area (Å²) in [5.41, 5.74) is 0. The molecule has 1 aromatic heterocycles. The van der Waals surface area contributed by atoms with Gasteiger partial charge in [-0.15, -0.1) is 6.58 Å². The van der Waals surface area contributed by atoms with E-state index in [2.05, 4.69) is 6.58 Å². The van der Waals surface area contributed by atoms with E-state index in [0.29, 0.717) is 31.3 Å². The minimum Gasteiger partial charge on any atom is -0.437 e. The second-order valence-electron chi connectivity index (χ2n) is 3.42. The summed E-state index contributed by atoms with van der Waals surface area (Å²) in [6.07, 6.45) is 1.78. The summed E-state index contributed by atoms with van der Waals surface area (Å²) in [5.74, 6) is 0.972. The number of ether oxygens (including phenoxy) is 1. The second-order valence-corrected chi connectivity index (χ2v) is 3.42. The number of anilines is 1. The molecule has 0 spiro atoms. The Balaban J connectivity index is 2.74. The number of hydrogen-bond acceptors (Lipinski definition) is 4. The Morgan fingerprint density at radius 3 is 2.88 bits per heavy atom. The number of Topliss-reactive ketones (excluding diaryl/α,β-unsaturated/α-hetero) is 1. The lowest BCUT2D eigenvalue weighted by atomic mass is 10.3. The number of rotatable bonds is 7. The molecule has 0 atom stereocenters. The third kappa shape index (κ3) is 3.24. The first-order chi connectivity index (χ1) is 7.69. The third-order valence-electron chi connectivity index (χ3n) is 2.17. The SMILES string of the molecule is C=CCN(CCOC)c1ccc(C(C)=O)o1. The van der Waals surface area contributed by atoms with E-state index in [1.54, 1.807) is 25.3 Å². The lowest BCUT2D eigenvalue weighted by Crippen LogP contribution is -2.26. The van der Waals surface area contributed by atoms with Crippen LogP contribution >= 0.6 is 0 Å². The van der Waals surface area contributed by atoms with Crippen molar-refractivity contribution in [2.75, 3.05) is 31.7 Å². The van der Waals surface area contributed by atoms with Gasteiger partial charge in [0.05, 0.1) is 6.61 Å². The Bertz CT molecular complexity index is 357. The summed E-state index contributed by atoms with van der Waals surface area (Å²) in [4.78, 5) is 13.1. The smallest absolute Gasteiger partial charge is 0.196 e. The highest BCUT2D eigenvalue weighted by molar-refractivity contribution is 5.91. The Morgan fingerprint density at radius 1 is 1.62 bits per heavy atom. The first-order valence-electron chi connectivity index (χ1n) is 5.14. The molecule has 0 aliphatic carbocycles. The zero-order valence-electron chi connectivity index (χ0n) is 9.73. The summed E-state index contributed by atoms with van der Waals surface area (Å²) >= 11 is 0. The fourth-order valence-corrected chi connectivity index (χ4v) is 1.34. The number of hydrogen-bond donors (Lipinski definition) is 0. The van der Waals surface area contributed by atoms with E-state index >= 15 is 0 Å². The molecule has 88 valence electrons. The second kappa shape index (κ2) is 6.12. The van der Waals surface area contributed by atoms with Gasteiger partial charge in [0.25, 0.3) is 0 Å². The summed E-state index contributed by atoms with van der Waals surface area (Å²) < 4.78 is 10.4. The molecule has 0 N–H and O–H groups in total. The van der Waals surface area contributed by atoms with E-state index in [4.69, 9.17) is 9.15 Å². The molecule has 1 heterocycles. The Labute approximate surface area is 95.5 Å². The van der Waals surface area contributed by atoms with Crippen molar-refractivity contribution in [1.29, 1.82) is 0 Å². The largest absolute Gasteiger partial charge is 0.437 e. The Kier molecular flexibility index (Phi) is 4.79. The van der Waals surface area contributed by atoms with Crippen molar-refractivity contribution in [2.24, 2.45) is 0 Å². The molecule has 0 saturated heterocycles. The summed E-state index contributed by atoms with van der Waals surface area (Å²) in [6, 6.07) is 3.47. The molecule has 0 saturated carbocycles. The van der Waals surface area contributed by atoms with Gasteiger partial charge < -0.3 is 14.1 Å². The minimum atomic E-state index is -0.0726. The van der Waals surface area contributed by atoms with Crippen LogP contribution in [0.3, 0.4) is 0 Å². The number of nitrogens with zero attached hydrogens (tertiary/aromatic N) is 1. The van der Waals surface area contributed by atoms with Gasteiger partial charge in [0.1, 0.15) is 0 Å². The highest BCUT2D eigenvalue weighted by atomic mass is 16.5. The predicted octanol–water partition coefficient (Wildman–Crippen LogP) is 2.12. The van der Waals surface area contributed by atoms with E-state index in [-0.39, 0.29) is 5.78 Å². The van der Waals surface area contributed by atoms with Gasteiger partial charge in [-0.2, -0.15) is 0 Å². The Hall–Kier alpha value is -1.55. The third-order valence-corrected chi connectivity index (χ3v) is 2.17. The molecular formula is C12H17NO3. The van der Waals surface area contributed by atoms with Crippen molar-refractivity contribution in [2.45, 2.75) is 6.92 Å². The molecular weight excluding hydrogens is 206 g/mol. The van der Waals surface area contributed by atoms with Crippen molar-refractivity contribution in [1.82, 2.24) is 0 Å². The van der Waals surface area contributed by atoms with Crippen molar-refractivity contribution < 1.29 is 13.9 Å². The monoisotopic (exact) mass is 223 g/mol. The van der Waals surface area contributed by atoms with Crippen LogP contribution in [0.4, 0.5) is 5.88 Å².